The lowest BCUT2D eigenvalue weighted by atomic mass is 10.3. The van der Waals surface area contributed by atoms with E-state index in [9.17, 15) is 4.79 Å². The summed E-state index contributed by atoms with van der Waals surface area (Å²) in [5.41, 5.74) is 11.5. The van der Waals surface area contributed by atoms with Crippen LogP contribution in [0.5, 0.6) is 0 Å². The maximum Gasteiger partial charge on any atom is 0.254 e. The van der Waals surface area contributed by atoms with E-state index in [-0.39, 0.29) is 11.4 Å². The maximum atomic E-state index is 10.9. The van der Waals surface area contributed by atoms with E-state index < -0.39 is 5.91 Å². The van der Waals surface area contributed by atoms with Crippen molar-refractivity contribution in [1.82, 2.24) is 19.5 Å². The van der Waals surface area contributed by atoms with Crippen molar-refractivity contribution in [2.45, 2.75) is 0 Å². The van der Waals surface area contributed by atoms with Crippen molar-refractivity contribution < 1.29 is 4.79 Å². The van der Waals surface area contributed by atoms with Gasteiger partial charge >= 0.3 is 0 Å². The van der Waals surface area contributed by atoms with Gasteiger partial charge in [-0.15, -0.1) is 0 Å². The number of carbonyl (C=O) groups excluding carboxylic acids is 1. The third-order valence-corrected chi connectivity index (χ3v) is 2.13. The van der Waals surface area contributed by atoms with E-state index in [0.29, 0.717) is 11.5 Å². The number of anilines is 1. The fourth-order valence-corrected chi connectivity index (χ4v) is 1.28. The first-order valence-electron chi connectivity index (χ1n) is 4.48. The molecule has 0 unspecified atom stereocenters. The minimum absolute atomic E-state index is 0.0682. The SMILES string of the molecule is Cn1cncc1-c1ncc(C(N)=O)c(N)n1. The Bertz CT molecular complexity index is 547. The first-order valence-corrected chi connectivity index (χ1v) is 4.48. The highest BCUT2D eigenvalue weighted by molar-refractivity contribution is 5.96. The number of hydrogen-bond donors (Lipinski definition) is 2. The summed E-state index contributed by atoms with van der Waals surface area (Å²) in [6.45, 7) is 0. The third-order valence-electron chi connectivity index (χ3n) is 2.13. The second-order valence-electron chi connectivity index (χ2n) is 3.25. The molecule has 7 nitrogen and oxygen atoms in total. The average Bonchev–Trinajstić information content (AvgIpc) is 2.63. The summed E-state index contributed by atoms with van der Waals surface area (Å²) < 4.78 is 1.75. The zero-order chi connectivity index (χ0) is 11.7. The Morgan fingerprint density at radius 3 is 2.69 bits per heavy atom. The van der Waals surface area contributed by atoms with Crippen LogP contribution in [0.3, 0.4) is 0 Å². The molecule has 2 aromatic rings. The lowest BCUT2D eigenvalue weighted by Crippen LogP contribution is -2.15. The van der Waals surface area contributed by atoms with Crippen LogP contribution in [0.1, 0.15) is 10.4 Å². The molecular formula is C9H10N6O. The number of aromatic nitrogens is 4. The van der Waals surface area contributed by atoms with Gasteiger partial charge in [0, 0.05) is 13.2 Å². The molecule has 0 aromatic carbocycles. The number of amides is 1. The molecule has 0 aliphatic rings. The van der Waals surface area contributed by atoms with Crippen molar-refractivity contribution in [3.05, 3.63) is 24.3 Å². The second-order valence-corrected chi connectivity index (χ2v) is 3.25. The monoisotopic (exact) mass is 218 g/mol. The second kappa shape index (κ2) is 3.61. The van der Waals surface area contributed by atoms with Crippen LogP contribution in [0.2, 0.25) is 0 Å². The van der Waals surface area contributed by atoms with E-state index in [1.165, 1.54) is 6.20 Å². The van der Waals surface area contributed by atoms with Gasteiger partial charge in [0.15, 0.2) is 5.82 Å². The predicted octanol–water partition coefficient (Wildman–Crippen LogP) is -0.442. The number of carbonyl (C=O) groups is 1. The molecular weight excluding hydrogens is 208 g/mol. The highest BCUT2D eigenvalue weighted by atomic mass is 16.1. The van der Waals surface area contributed by atoms with Crippen molar-refractivity contribution >= 4 is 11.7 Å². The largest absolute Gasteiger partial charge is 0.383 e. The number of nitrogen functional groups attached to an aromatic ring is 1. The number of rotatable bonds is 2. The normalized spacial score (nSPS) is 10.3. The van der Waals surface area contributed by atoms with Crippen LogP contribution in [-0.4, -0.2) is 25.4 Å². The van der Waals surface area contributed by atoms with Gasteiger partial charge in [0.05, 0.1) is 18.1 Å². The summed E-state index contributed by atoms with van der Waals surface area (Å²) in [6.07, 6.45) is 4.54. The average molecular weight is 218 g/mol. The molecule has 0 spiro atoms. The molecule has 0 aliphatic carbocycles. The molecule has 0 atom stereocenters. The first-order chi connectivity index (χ1) is 7.59. The zero-order valence-corrected chi connectivity index (χ0v) is 8.58. The Morgan fingerprint density at radius 2 is 2.19 bits per heavy atom. The predicted molar refractivity (Wildman–Crippen MR) is 57.2 cm³/mol. The van der Waals surface area contributed by atoms with Crippen LogP contribution in [0.4, 0.5) is 5.82 Å². The molecule has 0 bridgehead atoms. The molecule has 0 radical (unpaired) electrons. The van der Waals surface area contributed by atoms with Crippen LogP contribution >= 0.6 is 0 Å². The van der Waals surface area contributed by atoms with Gasteiger partial charge in [0.1, 0.15) is 11.5 Å². The zero-order valence-electron chi connectivity index (χ0n) is 8.58. The molecule has 0 saturated carbocycles. The van der Waals surface area contributed by atoms with Gasteiger partial charge in [0.25, 0.3) is 5.91 Å². The van der Waals surface area contributed by atoms with Crippen LogP contribution in [0.15, 0.2) is 18.7 Å². The van der Waals surface area contributed by atoms with Crippen LogP contribution < -0.4 is 11.5 Å². The lowest BCUT2D eigenvalue weighted by molar-refractivity contribution is 0.100. The van der Waals surface area contributed by atoms with Crippen molar-refractivity contribution in [1.29, 1.82) is 0 Å². The Labute approximate surface area is 91.1 Å². The summed E-state index contributed by atoms with van der Waals surface area (Å²) in [6, 6.07) is 0. The number of primary amides is 1. The first kappa shape index (κ1) is 10.1. The smallest absolute Gasteiger partial charge is 0.254 e. The van der Waals surface area contributed by atoms with Gasteiger partial charge < -0.3 is 16.0 Å². The summed E-state index contributed by atoms with van der Waals surface area (Å²) in [5.74, 6) is -0.171. The summed E-state index contributed by atoms with van der Waals surface area (Å²) in [4.78, 5) is 22.9. The van der Waals surface area contributed by atoms with Gasteiger partial charge in [0.2, 0.25) is 0 Å². The molecule has 82 valence electrons. The van der Waals surface area contributed by atoms with Crippen molar-refractivity contribution in [2.75, 3.05) is 5.73 Å². The van der Waals surface area contributed by atoms with Crippen LogP contribution in [-0.2, 0) is 7.05 Å². The molecule has 1 amide bonds. The van der Waals surface area contributed by atoms with Gasteiger partial charge in [-0.2, -0.15) is 0 Å². The molecule has 0 fully saturated rings. The quantitative estimate of drug-likeness (QED) is 0.709. The van der Waals surface area contributed by atoms with E-state index in [2.05, 4.69) is 15.0 Å². The Morgan fingerprint density at radius 1 is 1.44 bits per heavy atom. The van der Waals surface area contributed by atoms with Gasteiger partial charge in [-0.25, -0.2) is 15.0 Å². The number of nitrogens with zero attached hydrogens (tertiary/aromatic N) is 4. The molecule has 0 saturated heterocycles. The maximum absolute atomic E-state index is 10.9. The molecule has 7 heteroatoms. The molecule has 0 aliphatic heterocycles. The van der Waals surface area contributed by atoms with E-state index in [1.807, 2.05) is 7.05 Å². The Kier molecular flexibility index (Phi) is 2.28. The molecule has 2 heterocycles. The highest BCUT2D eigenvalue weighted by Gasteiger charge is 2.11. The fourth-order valence-electron chi connectivity index (χ4n) is 1.28. The number of hydrogen-bond acceptors (Lipinski definition) is 5. The van der Waals surface area contributed by atoms with Crippen molar-refractivity contribution in [2.24, 2.45) is 12.8 Å². The van der Waals surface area contributed by atoms with E-state index in [1.54, 1.807) is 17.1 Å². The number of imidazole rings is 1. The topological polar surface area (TPSA) is 113 Å². The van der Waals surface area contributed by atoms with Gasteiger partial charge in [-0.3, -0.25) is 4.79 Å². The minimum atomic E-state index is -0.644. The molecule has 2 aromatic heterocycles. The minimum Gasteiger partial charge on any atom is -0.383 e. The summed E-state index contributed by atoms with van der Waals surface area (Å²) in [7, 11) is 1.81. The van der Waals surface area contributed by atoms with Crippen molar-refractivity contribution in [3.8, 4) is 11.5 Å². The van der Waals surface area contributed by atoms with E-state index >= 15 is 0 Å². The van der Waals surface area contributed by atoms with Crippen LogP contribution in [0, 0.1) is 0 Å². The van der Waals surface area contributed by atoms with Crippen LogP contribution in [0.25, 0.3) is 11.5 Å². The fraction of sp³-hybridized carbons (Fsp3) is 0.111. The third kappa shape index (κ3) is 1.58. The van der Waals surface area contributed by atoms with E-state index in [0.717, 1.165) is 0 Å². The van der Waals surface area contributed by atoms with Gasteiger partial charge in [-0.1, -0.05) is 0 Å². The lowest BCUT2D eigenvalue weighted by Gasteiger charge is -2.04. The standard InChI is InChI=1S/C9H10N6O/c1-15-4-12-3-6(15)9-13-2-5(8(11)16)7(10)14-9/h2-4H,1H3,(H2,11,16)(H2,10,13,14). The van der Waals surface area contributed by atoms with E-state index in [4.69, 9.17) is 11.5 Å². The Hall–Kier alpha value is -2.44. The number of nitrogens with two attached hydrogens (primary N) is 2. The van der Waals surface area contributed by atoms with Crippen molar-refractivity contribution in [3.63, 3.8) is 0 Å². The molecule has 2 rings (SSSR count). The molecule has 16 heavy (non-hydrogen) atoms. The molecule has 4 N–H and O–H groups in total. The van der Waals surface area contributed by atoms with Gasteiger partial charge in [-0.05, 0) is 0 Å². The highest BCUT2D eigenvalue weighted by Crippen LogP contribution is 2.15. The summed E-state index contributed by atoms with van der Waals surface area (Å²) in [5, 5.41) is 0. The Balaban J connectivity index is 2.50. The summed E-state index contributed by atoms with van der Waals surface area (Å²) >= 11 is 0. The number of aryl methyl sites for hydroxylation is 1.